The van der Waals surface area contributed by atoms with Crippen LogP contribution in [0.3, 0.4) is 0 Å². The minimum absolute atomic E-state index is 0.146. The molecule has 1 saturated heterocycles. The van der Waals surface area contributed by atoms with Crippen LogP contribution in [0.5, 0.6) is 5.75 Å². The maximum absolute atomic E-state index is 13.3. The van der Waals surface area contributed by atoms with Gasteiger partial charge in [0.05, 0.1) is 17.7 Å². The molecule has 37 heavy (non-hydrogen) atoms. The molecule has 0 aliphatic carbocycles. The zero-order valence-electron chi connectivity index (χ0n) is 20.7. The fraction of sp³-hybridized carbons (Fsp3) is 0.296. The molecular weight excluding hydrogens is 533 g/mol. The van der Waals surface area contributed by atoms with Gasteiger partial charge in [0, 0.05) is 55.4 Å². The lowest BCUT2D eigenvalue weighted by molar-refractivity contribution is 0.0746. The molecule has 1 fully saturated rings. The Morgan fingerprint density at radius 2 is 1.59 bits per heavy atom. The van der Waals surface area contributed by atoms with E-state index in [2.05, 4.69) is 0 Å². The SMILES string of the molecule is COc1ccc(S(=O)(=O)N(C)CCc2ccccc2)cc1N1CCN(C(=O)c2cc(Cl)cc(Cl)c2)CC1. The second-order valence-corrected chi connectivity index (χ2v) is 11.8. The Labute approximate surface area is 228 Å². The van der Waals surface area contributed by atoms with Gasteiger partial charge in [0.25, 0.3) is 5.91 Å². The molecule has 1 heterocycles. The fourth-order valence-corrected chi connectivity index (χ4v) is 6.04. The van der Waals surface area contributed by atoms with Crippen molar-refractivity contribution >= 4 is 44.8 Å². The van der Waals surface area contributed by atoms with Crippen molar-refractivity contribution < 1.29 is 17.9 Å². The Balaban J connectivity index is 1.47. The summed E-state index contributed by atoms with van der Waals surface area (Å²) in [6.45, 7) is 2.32. The normalized spacial score (nSPS) is 14.2. The van der Waals surface area contributed by atoms with Crippen molar-refractivity contribution in [2.24, 2.45) is 0 Å². The van der Waals surface area contributed by atoms with E-state index in [9.17, 15) is 13.2 Å². The second kappa shape index (κ2) is 11.7. The number of anilines is 1. The van der Waals surface area contributed by atoms with Gasteiger partial charge in [0.2, 0.25) is 10.0 Å². The lowest BCUT2D eigenvalue weighted by atomic mass is 10.1. The molecule has 0 N–H and O–H groups in total. The van der Waals surface area contributed by atoms with Crippen molar-refractivity contribution in [2.45, 2.75) is 11.3 Å². The minimum Gasteiger partial charge on any atom is -0.495 e. The number of hydrogen-bond acceptors (Lipinski definition) is 5. The summed E-state index contributed by atoms with van der Waals surface area (Å²) in [5.41, 5.74) is 2.19. The molecule has 0 unspecified atom stereocenters. The zero-order valence-corrected chi connectivity index (χ0v) is 23.1. The van der Waals surface area contributed by atoms with Gasteiger partial charge in [-0.1, -0.05) is 53.5 Å². The molecule has 10 heteroatoms. The van der Waals surface area contributed by atoms with E-state index in [4.69, 9.17) is 27.9 Å². The lowest BCUT2D eigenvalue weighted by Crippen LogP contribution is -2.49. The zero-order chi connectivity index (χ0) is 26.6. The Morgan fingerprint density at radius 1 is 0.946 bits per heavy atom. The molecule has 0 atom stereocenters. The number of benzene rings is 3. The highest BCUT2D eigenvalue weighted by Crippen LogP contribution is 2.33. The van der Waals surface area contributed by atoms with Crippen molar-refractivity contribution in [1.82, 2.24) is 9.21 Å². The Hall–Kier alpha value is -2.78. The monoisotopic (exact) mass is 561 g/mol. The molecule has 1 amide bonds. The van der Waals surface area contributed by atoms with E-state index in [1.54, 1.807) is 55.5 Å². The first-order valence-electron chi connectivity index (χ1n) is 11.9. The average molecular weight is 563 g/mol. The second-order valence-electron chi connectivity index (χ2n) is 8.83. The summed E-state index contributed by atoms with van der Waals surface area (Å²) >= 11 is 12.1. The first kappa shape index (κ1) is 27.3. The van der Waals surface area contributed by atoms with Gasteiger partial charge in [-0.2, -0.15) is 0 Å². The van der Waals surface area contributed by atoms with E-state index in [1.807, 2.05) is 35.2 Å². The molecular formula is C27H29Cl2N3O4S. The number of ether oxygens (including phenoxy) is 1. The largest absolute Gasteiger partial charge is 0.495 e. The molecule has 1 aliphatic rings. The molecule has 0 saturated carbocycles. The van der Waals surface area contributed by atoms with E-state index in [-0.39, 0.29) is 10.8 Å². The van der Waals surface area contributed by atoms with E-state index in [1.165, 1.54) is 4.31 Å². The predicted octanol–water partition coefficient (Wildman–Crippen LogP) is 4.83. The van der Waals surface area contributed by atoms with Crippen LogP contribution in [0.25, 0.3) is 0 Å². The van der Waals surface area contributed by atoms with Crippen LogP contribution >= 0.6 is 23.2 Å². The molecule has 0 radical (unpaired) electrons. The van der Waals surface area contributed by atoms with Gasteiger partial charge in [0.15, 0.2) is 0 Å². The predicted molar refractivity (Wildman–Crippen MR) is 148 cm³/mol. The molecule has 0 bridgehead atoms. The van der Waals surface area contributed by atoms with Crippen molar-refractivity contribution in [3.05, 3.63) is 87.9 Å². The van der Waals surface area contributed by atoms with Crippen LogP contribution in [-0.4, -0.2) is 70.4 Å². The molecule has 3 aromatic carbocycles. The summed E-state index contributed by atoms with van der Waals surface area (Å²) < 4.78 is 33.6. The number of likely N-dealkylation sites (N-methyl/N-ethyl adjacent to an activating group) is 1. The quantitative estimate of drug-likeness (QED) is 0.394. The Morgan fingerprint density at radius 3 is 2.22 bits per heavy atom. The van der Waals surface area contributed by atoms with E-state index in [0.29, 0.717) is 66.2 Å². The van der Waals surface area contributed by atoms with E-state index in [0.717, 1.165) is 5.56 Å². The summed E-state index contributed by atoms with van der Waals surface area (Å²) in [4.78, 5) is 17.0. The highest BCUT2D eigenvalue weighted by Gasteiger charge is 2.27. The van der Waals surface area contributed by atoms with E-state index >= 15 is 0 Å². The number of rotatable bonds is 8. The number of sulfonamides is 1. The molecule has 1 aliphatic heterocycles. The van der Waals surface area contributed by atoms with Gasteiger partial charge in [0.1, 0.15) is 5.75 Å². The third kappa shape index (κ3) is 6.38. The first-order chi connectivity index (χ1) is 17.7. The van der Waals surface area contributed by atoms with Crippen molar-refractivity contribution in [3.8, 4) is 5.75 Å². The van der Waals surface area contributed by atoms with Crippen LogP contribution in [0.4, 0.5) is 5.69 Å². The number of amides is 1. The topological polar surface area (TPSA) is 70.2 Å². The van der Waals surface area contributed by atoms with Gasteiger partial charge < -0.3 is 14.5 Å². The van der Waals surface area contributed by atoms with Crippen LogP contribution in [0.15, 0.2) is 71.6 Å². The molecule has 3 aromatic rings. The standard InChI is InChI=1S/C27H29Cl2N3O4S/c1-30(11-10-20-6-4-3-5-7-20)37(34,35)24-8-9-26(36-2)25(19-24)31-12-14-32(15-13-31)27(33)21-16-22(28)18-23(29)17-21/h3-9,16-19H,10-15H2,1-2H3. The fourth-order valence-electron chi connectivity index (χ4n) is 4.32. The van der Waals surface area contributed by atoms with Gasteiger partial charge in [-0.15, -0.1) is 0 Å². The maximum Gasteiger partial charge on any atom is 0.254 e. The molecule has 7 nitrogen and oxygen atoms in total. The lowest BCUT2D eigenvalue weighted by Gasteiger charge is -2.37. The van der Waals surface area contributed by atoms with Crippen molar-refractivity contribution in [3.63, 3.8) is 0 Å². The van der Waals surface area contributed by atoms with Crippen molar-refractivity contribution in [2.75, 3.05) is 51.8 Å². The number of piperazine rings is 1. The number of methoxy groups -OCH3 is 1. The number of carbonyl (C=O) groups excluding carboxylic acids is 1. The Kier molecular flexibility index (Phi) is 8.64. The van der Waals surface area contributed by atoms with Crippen molar-refractivity contribution in [1.29, 1.82) is 0 Å². The number of carbonyl (C=O) groups is 1. The van der Waals surface area contributed by atoms with Crippen LogP contribution in [-0.2, 0) is 16.4 Å². The third-order valence-corrected chi connectivity index (χ3v) is 8.72. The van der Waals surface area contributed by atoms with Crippen LogP contribution < -0.4 is 9.64 Å². The van der Waals surface area contributed by atoms with Gasteiger partial charge >= 0.3 is 0 Å². The van der Waals surface area contributed by atoms with Gasteiger partial charge in [-0.25, -0.2) is 12.7 Å². The van der Waals surface area contributed by atoms with E-state index < -0.39 is 10.0 Å². The van der Waals surface area contributed by atoms with Crippen LogP contribution in [0.2, 0.25) is 10.0 Å². The smallest absolute Gasteiger partial charge is 0.254 e. The summed E-state index contributed by atoms with van der Waals surface area (Å²) in [6.07, 6.45) is 0.618. The highest BCUT2D eigenvalue weighted by molar-refractivity contribution is 7.89. The number of halogens is 2. The molecule has 0 aromatic heterocycles. The Bertz CT molecular complexity index is 1340. The summed E-state index contributed by atoms with van der Waals surface area (Å²) in [5, 5.41) is 0.817. The van der Waals surface area contributed by atoms with Gasteiger partial charge in [-0.3, -0.25) is 4.79 Å². The minimum atomic E-state index is -3.70. The maximum atomic E-state index is 13.3. The average Bonchev–Trinajstić information content (AvgIpc) is 2.91. The summed E-state index contributed by atoms with van der Waals surface area (Å²) in [7, 11) is -0.553. The van der Waals surface area contributed by atoms with Crippen LogP contribution in [0, 0.1) is 0 Å². The molecule has 0 spiro atoms. The molecule has 4 rings (SSSR count). The summed E-state index contributed by atoms with van der Waals surface area (Å²) in [5.74, 6) is 0.430. The summed E-state index contributed by atoms with van der Waals surface area (Å²) in [6, 6.07) is 19.5. The van der Waals surface area contributed by atoms with Crippen LogP contribution in [0.1, 0.15) is 15.9 Å². The number of hydrogen-bond donors (Lipinski definition) is 0. The number of nitrogens with zero attached hydrogens (tertiary/aromatic N) is 3. The van der Waals surface area contributed by atoms with Gasteiger partial charge in [-0.05, 0) is 48.4 Å². The first-order valence-corrected chi connectivity index (χ1v) is 14.1. The highest BCUT2D eigenvalue weighted by atomic mass is 35.5. The molecule has 196 valence electrons. The third-order valence-electron chi connectivity index (χ3n) is 6.43.